The zero-order valence-electron chi connectivity index (χ0n) is 19.6. The van der Waals surface area contributed by atoms with E-state index in [2.05, 4.69) is 6.92 Å². The number of esters is 1. The molecule has 1 atom stereocenters. The van der Waals surface area contributed by atoms with Crippen molar-refractivity contribution in [1.29, 1.82) is 0 Å². The van der Waals surface area contributed by atoms with Crippen molar-refractivity contribution in [2.24, 2.45) is 5.92 Å². The number of benzene rings is 2. The molecule has 2 heterocycles. The molecular weight excluding hydrogens is 436 g/mol. The molecule has 178 valence electrons. The summed E-state index contributed by atoms with van der Waals surface area (Å²) in [6, 6.07) is 11.5. The molecule has 0 N–H and O–H groups in total. The quantitative estimate of drug-likeness (QED) is 0.481. The standard InChI is InChI=1S/C26H28N2O6/c1-16-10-12-27(13-11-16)23(29)17(2)34-26(32)21-14-18(8-9-22(21)33-3)15-28-24(30)19-6-4-5-7-20(19)25(28)31/h4-9,14,16-17H,10-13,15H2,1-3H3/t17-/m1/s1. The Balaban J connectivity index is 1.48. The molecule has 0 unspecified atom stereocenters. The first-order valence-electron chi connectivity index (χ1n) is 11.4. The van der Waals surface area contributed by atoms with Crippen molar-refractivity contribution in [3.05, 3.63) is 64.7 Å². The first-order chi connectivity index (χ1) is 16.3. The number of nitrogens with zero attached hydrogens (tertiary/aromatic N) is 2. The van der Waals surface area contributed by atoms with Gasteiger partial charge in [-0.1, -0.05) is 25.1 Å². The number of piperidine rings is 1. The summed E-state index contributed by atoms with van der Waals surface area (Å²) in [7, 11) is 1.43. The largest absolute Gasteiger partial charge is 0.496 e. The van der Waals surface area contributed by atoms with Crippen LogP contribution in [0.1, 0.15) is 63.3 Å². The number of imide groups is 1. The van der Waals surface area contributed by atoms with E-state index in [1.807, 2.05) is 0 Å². The van der Waals surface area contributed by atoms with Gasteiger partial charge in [-0.2, -0.15) is 0 Å². The normalized spacial score (nSPS) is 16.9. The molecule has 0 spiro atoms. The molecular formula is C26H28N2O6. The molecule has 8 heteroatoms. The number of ether oxygens (including phenoxy) is 2. The molecule has 1 fully saturated rings. The molecule has 8 nitrogen and oxygen atoms in total. The average molecular weight is 465 g/mol. The number of amides is 3. The second-order valence-corrected chi connectivity index (χ2v) is 8.83. The minimum atomic E-state index is -0.939. The van der Waals surface area contributed by atoms with Crippen LogP contribution in [-0.2, 0) is 16.1 Å². The Labute approximate surface area is 198 Å². The predicted octanol–water partition coefficient (Wildman–Crippen LogP) is 3.30. The maximum atomic E-state index is 13.0. The Hall–Kier alpha value is -3.68. The van der Waals surface area contributed by atoms with E-state index in [0.717, 1.165) is 17.7 Å². The molecule has 1 saturated heterocycles. The number of methoxy groups -OCH3 is 1. The summed E-state index contributed by atoms with van der Waals surface area (Å²) in [5.41, 5.74) is 1.41. The third-order valence-corrected chi connectivity index (χ3v) is 6.43. The van der Waals surface area contributed by atoms with Crippen LogP contribution in [-0.4, -0.2) is 59.8 Å². The van der Waals surface area contributed by atoms with E-state index in [9.17, 15) is 19.2 Å². The van der Waals surface area contributed by atoms with Crippen molar-refractivity contribution < 1.29 is 28.7 Å². The Kier molecular flexibility index (Phi) is 6.68. The van der Waals surface area contributed by atoms with Crippen LogP contribution in [0.4, 0.5) is 0 Å². The van der Waals surface area contributed by atoms with Gasteiger partial charge in [-0.15, -0.1) is 0 Å². The highest BCUT2D eigenvalue weighted by Gasteiger charge is 2.35. The van der Waals surface area contributed by atoms with Crippen LogP contribution in [0.15, 0.2) is 42.5 Å². The van der Waals surface area contributed by atoms with Gasteiger partial charge in [0, 0.05) is 13.1 Å². The van der Waals surface area contributed by atoms with Crippen LogP contribution in [0.2, 0.25) is 0 Å². The van der Waals surface area contributed by atoms with Crippen molar-refractivity contribution in [1.82, 2.24) is 9.80 Å². The lowest BCUT2D eigenvalue weighted by Gasteiger charge is -2.32. The Bertz CT molecular complexity index is 1100. The fraction of sp³-hybridized carbons (Fsp3) is 0.385. The van der Waals surface area contributed by atoms with Crippen molar-refractivity contribution in [3.63, 3.8) is 0 Å². The number of likely N-dealkylation sites (tertiary alicyclic amines) is 1. The van der Waals surface area contributed by atoms with E-state index in [4.69, 9.17) is 9.47 Å². The zero-order chi connectivity index (χ0) is 24.4. The highest BCUT2D eigenvalue weighted by molar-refractivity contribution is 6.21. The van der Waals surface area contributed by atoms with Crippen molar-refractivity contribution >= 4 is 23.7 Å². The van der Waals surface area contributed by atoms with Gasteiger partial charge in [-0.3, -0.25) is 19.3 Å². The number of rotatable bonds is 6. The van der Waals surface area contributed by atoms with Crippen molar-refractivity contribution in [2.45, 2.75) is 39.3 Å². The number of hydrogen-bond donors (Lipinski definition) is 0. The van der Waals surface area contributed by atoms with E-state index in [-0.39, 0.29) is 35.6 Å². The molecule has 0 bridgehead atoms. The molecule has 0 radical (unpaired) electrons. The molecule has 2 aromatic carbocycles. The molecule has 34 heavy (non-hydrogen) atoms. The van der Waals surface area contributed by atoms with E-state index < -0.39 is 12.1 Å². The van der Waals surface area contributed by atoms with Gasteiger partial charge in [0.05, 0.1) is 24.8 Å². The fourth-order valence-electron chi connectivity index (χ4n) is 4.34. The molecule has 4 rings (SSSR count). The monoisotopic (exact) mass is 464 g/mol. The summed E-state index contributed by atoms with van der Waals surface area (Å²) >= 11 is 0. The van der Waals surface area contributed by atoms with Gasteiger partial charge in [0.1, 0.15) is 11.3 Å². The SMILES string of the molecule is COc1ccc(CN2C(=O)c3ccccc3C2=O)cc1C(=O)O[C@H](C)C(=O)N1CCC(C)CC1. The Morgan fingerprint density at radius 3 is 2.24 bits per heavy atom. The first kappa shape index (κ1) is 23.5. The third kappa shape index (κ3) is 4.53. The highest BCUT2D eigenvalue weighted by atomic mass is 16.5. The van der Waals surface area contributed by atoms with Gasteiger partial charge in [0.25, 0.3) is 17.7 Å². The summed E-state index contributed by atoms with van der Waals surface area (Å²) in [5.74, 6) is -0.821. The fourth-order valence-corrected chi connectivity index (χ4v) is 4.34. The van der Waals surface area contributed by atoms with Gasteiger partial charge < -0.3 is 14.4 Å². The van der Waals surface area contributed by atoms with Gasteiger partial charge >= 0.3 is 5.97 Å². The summed E-state index contributed by atoms with van der Waals surface area (Å²) in [6.07, 6.45) is 0.922. The second kappa shape index (κ2) is 9.67. The zero-order valence-corrected chi connectivity index (χ0v) is 19.6. The smallest absolute Gasteiger partial charge is 0.342 e. The van der Waals surface area contributed by atoms with Crippen LogP contribution >= 0.6 is 0 Å². The van der Waals surface area contributed by atoms with Crippen molar-refractivity contribution in [2.75, 3.05) is 20.2 Å². The van der Waals surface area contributed by atoms with Gasteiger partial charge in [-0.25, -0.2) is 4.79 Å². The van der Waals surface area contributed by atoms with Crippen LogP contribution < -0.4 is 4.74 Å². The van der Waals surface area contributed by atoms with Gasteiger partial charge in [0.15, 0.2) is 6.10 Å². The number of hydrogen-bond acceptors (Lipinski definition) is 6. The lowest BCUT2D eigenvalue weighted by atomic mass is 9.99. The summed E-state index contributed by atoms with van der Waals surface area (Å²) < 4.78 is 10.8. The third-order valence-electron chi connectivity index (χ3n) is 6.43. The van der Waals surface area contributed by atoms with Crippen LogP contribution in [0, 0.1) is 5.92 Å². The molecule has 0 saturated carbocycles. The van der Waals surface area contributed by atoms with E-state index in [0.29, 0.717) is 35.7 Å². The topological polar surface area (TPSA) is 93.2 Å². The molecule has 2 aromatic rings. The van der Waals surface area contributed by atoms with Crippen LogP contribution in [0.3, 0.4) is 0 Å². The maximum absolute atomic E-state index is 13.0. The summed E-state index contributed by atoms with van der Waals surface area (Å²) in [5, 5.41) is 0. The lowest BCUT2D eigenvalue weighted by molar-refractivity contribution is -0.141. The Morgan fingerprint density at radius 1 is 1.03 bits per heavy atom. The van der Waals surface area contributed by atoms with Crippen LogP contribution in [0.5, 0.6) is 5.75 Å². The molecule has 0 aromatic heterocycles. The molecule has 3 amide bonds. The number of carbonyl (C=O) groups excluding carboxylic acids is 4. The van der Waals surface area contributed by atoms with Crippen LogP contribution in [0.25, 0.3) is 0 Å². The molecule has 0 aliphatic carbocycles. The second-order valence-electron chi connectivity index (χ2n) is 8.83. The summed E-state index contributed by atoms with van der Waals surface area (Å²) in [4.78, 5) is 53.9. The molecule has 2 aliphatic heterocycles. The van der Waals surface area contributed by atoms with Gasteiger partial charge in [-0.05, 0) is 55.5 Å². The highest BCUT2D eigenvalue weighted by Crippen LogP contribution is 2.27. The maximum Gasteiger partial charge on any atom is 0.342 e. The summed E-state index contributed by atoms with van der Waals surface area (Å²) in [6.45, 7) is 5.03. The van der Waals surface area contributed by atoms with Gasteiger partial charge in [0.2, 0.25) is 0 Å². The molecule has 2 aliphatic rings. The van der Waals surface area contributed by atoms with E-state index in [1.54, 1.807) is 48.2 Å². The minimum Gasteiger partial charge on any atom is -0.496 e. The predicted molar refractivity (Wildman–Crippen MR) is 123 cm³/mol. The average Bonchev–Trinajstić information content (AvgIpc) is 3.09. The number of carbonyl (C=O) groups is 4. The minimum absolute atomic E-state index is 0.00291. The lowest BCUT2D eigenvalue weighted by Crippen LogP contribution is -2.44. The Morgan fingerprint density at radius 2 is 1.65 bits per heavy atom. The van der Waals surface area contributed by atoms with Crippen molar-refractivity contribution in [3.8, 4) is 5.75 Å². The first-order valence-corrected chi connectivity index (χ1v) is 11.4. The number of fused-ring (bicyclic) bond motifs is 1. The van der Waals surface area contributed by atoms with E-state index in [1.165, 1.54) is 13.2 Å². The van der Waals surface area contributed by atoms with E-state index >= 15 is 0 Å².